The molecule has 1 aromatic heterocycles. The SMILES string of the molecule is Cc1nnc(CNC(=NCc2ccc(C(F)(F)F)cc2)NC(C)c2ccccc2)n1C.I. The van der Waals surface area contributed by atoms with Gasteiger partial charge in [0.25, 0.3) is 0 Å². The second-order valence-electron chi connectivity index (χ2n) is 7.21. The monoisotopic (exact) mass is 558 g/mol. The predicted molar refractivity (Wildman–Crippen MR) is 129 cm³/mol. The van der Waals surface area contributed by atoms with E-state index in [4.69, 9.17) is 0 Å². The fourth-order valence-corrected chi connectivity index (χ4v) is 2.92. The van der Waals surface area contributed by atoms with Gasteiger partial charge in [-0.15, -0.1) is 34.2 Å². The number of aryl methyl sites for hydroxylation is 1. The third kappa shape index (κ3) is 6.94. The summed E-state index contributed by atoms with van der Waals surface area (Å²) >= 11 is 0. The maximum absolute atomic E-state index is 12.8. The van der Waals surface area contributed by atoms with Crippen LogP contribution in [0.1, 0.15) is 41.3 Å². The number of rotatable bonds is 6. The van der Waals surface area contributed by atoms with Gasteiger partial charge < -0.3 is 15.2 Å². The van der Waals surface area contributed by atoms with E-state index in [1.165, 1.54) is 12.1 Å². The highest BCUT2D eigenvalue weighted by molar-refractivity contribution is 14.0. The number of hydrogen-bond donors (Lipinski definition) is 2. The van der Waals surface area contributed by atoms with Crippen molar-refractivity contribution in [3.05, 3.63) is 82.9 Å². The fraction of sp³-hybridized carbons (Fsp3) is 0.318. The molecule has 2 aromatic carbocycles. The molecule has 0 radical (unpaired) electrons. The maximum Gasteiger partial charge on any atom is 0.416 e. The summed E-state index contributed by atoms with van der Waals surface area (Å²) in [6.07, 6.45) is -4.35. The number of nitrogens with one attached hydrogen (secondary N) is 2. The van der Waals surface area contributed by atoms with E-state index >= 15 is 0 Å². The van der Waals surface area contributed by atoms with E-state index in [1.807, 2.05) is 55.8 Å². The fourth-order valence-electron chi connectivity index (χ4n) is 2.92. The number of hydrogen-bond acceptors (Lipinski definition) is 3. The van der Waals surface area contributed by atoms with E-state index < -0.39 is 11.7 Å². The van der Waals surface area contributed by atoms with Gasteiger partial charge in [-0.3, -0.25) is 0 Å². The largest absolute Gasteiger partial charge is 0.416 e. The molecule has 32 heavy (non-hydrogen) atoms. The van der Waals surface area contributed by atoms with Crippen LogP contribution in [0, 0.1) is 6.92 Å². The van der Waals surface area contributed by atoms with E-state index in [2.05, 4.69) is 25.8 Å². The number of halogens is 4. The standard InChI is InChI=1S/C22H25F3N6.HI/c1-15(18-7-5-4-6-8-18)28-21(27-14-20-30-29-16(2)31(20)3)26-13-17-9-11-19(12-10-17)22(23,24)25;/h4-12,15H,13-14H2,1-3H3,(H2,26,27,28);1H. The van der Waals surface area contributed by atoms with Crippen molar-refractivity contribution in [2.24, 2.45) is 12.0 Å². The first-order valence-corrected chi connectivity index (χ1v) is 9.85. The van der Waals surface area contributed by atoms with Crippen LogP contribution in [0.25, 0.3) is 0 Å². The van der Waals surface area contributed by atoms with Crippen molar-refractivity contribution in [1.29, 1.82) is 0 Å². The molecule has 0 bridgehead atoms. The average molecular weight is 558 g/mol. The Kier molecular flexibility index (Phi) is 9.05. The summed E-state index contributed by atoms with van der Waals surface area (Å²) in [7, 11) is 1.88. The second kappa shape index (κ2) is 11.3. The van der Waals surface area contributed by atoms with Crippen molar-refractivity contribution in [2.75, 3.05) is 0 Å². The number of benzene rings is 2. The molecular weight excluding hydrogens is 532 g/mol. The number of aromatic nitrogens is 3. The van der Waals surface area contributed by atoms with Crippen molar-refractivity contribution in [3.63, 3.8) is 0 Å². The van der Waals surface area contributed by atoms with Gasteiger partial charge in [-0.05, 0) is 37.1 Å². The minimum Gasteiger partial charge on any atom is -0.350 e. The number of alkyl halides is 3. The van der Waals surface area contributed by atoms with Crippen LogP contribution in [-0.2, 0) is 26.3 Å². The predicted octanol–water partition coefficient (Wildman–Crippen LogP) is 4.76. The van der Waals surface area contributed by atoms with Crippen LogP contribution in [0.4, 0.5) is 13.2 Å². The van der Waals surface area contributed by atoms with Crippen molar-refractivity contribution in [3.8, 4) is 0 Å². The van der Waals surface area contributed by atoms with Crippen LogP contribution in [0.5, 0.6) is 0 Å². The lowest BCUT2D eigenvalue weighted by atomic mass is 10.1. The van der Waals surface area contributed by atoms with E-state index in [0.29, 0.717) is 18.1 Å². The van der Waals surface area contributed by atoms with Gasteiger partial charge in [0.05, 0.1) is 24.7 Å². The summed E-state index contributed by atoms with van der Waals surface area (Å²) in [5.74, 6) is 2.07. The molecule has 0 saturated heterocycles. The lowest BCUT2D eigenvalue weighted by Gasteiger charge is -2.19. The van der Waals surface area contributed by atoms with Crippen molar-refractivity contribution in [2.45, 2.75) is 39.2 Å². The molecule has 1 heterocycles. The highest BCUT2D eigenvalue weighted by Gasteiger charge is 2.29. The van der Waals surface area contributed by atoms with Gasteiger partial charge in [0, 0.05) is 7.05 Å². The Balaban J connectivity index is 0.00000363. The number of nitrogens with zero attached hydrogens (tertiary/aromatic N) is 4. The molecule has 0 fully saturated rings. The summed E-state index contributed by atoms with van der Waals surface area (Å²) < 4.78 is 40.2. The molecule has 1 unspecified atom stereocenters. The molecule has 0 saturated carbocycles. The maximum atomic E-state index is 12.8. The van der Waals surface area contributed by atoms with Crippen LogP contribution in [0.3, 0.4) is 0 Å². The highest BCUT2D eigenvalue weighted by Crippen LogP contribution is 2.29. The number of guanidine groups is 1. The molecule has 1 atom stereocenters. The Morgan fingerprint density at radius 1 is 1.06 bits per heavy atom. The van der Waals surface area contributed by atoms with Crippen LogP contribution in [0.15, 0.2) is 59.6 Å². The number of aliphatic imine (C=N–C) groups is 1. The van der Waals surface area contributed by atoms with Gasteiger partial charge in [0.2, 0.25) is 0 Å². The van der Waals surface area contributed by atoms with Crippen LogP contribution >= 0.6 is 24.0 Å². The molecule has 10 heteroatoms. The zero-order valence-electron chi connectivity index (χ0n) is 18.0. The third-order valence-electron chi connectivity index (χ3n) is 4.95. The Hall–Kier alpha value is -2.63. The summed E-state index contributed by atoms with van der Waals surface area (Å²) in [6, 6.07) is 14.9. The minimum atomic E-state index is -4.35. The molecular formula is C22H26F3IN6. The first-order chi connectivity index (χ1) is 14.7. The van der Waals surface area contributed by atoms with E-state index in [1.54, 1.807) is 0 Å². The molecule has 2 N–H and O–H groups in total. The molecule has 3 rings (SSSR count). The molecule has 6 nitrogen and oxygen atoms in total. The lowest BCUT2D eigenvalue weighted by molar-refractivity contribution is -0.137. The van der Waals surface area contributed by atoms with Crippen molar-refractivity contribution < 1.29 is 13.2 Å². The van der Waals surface area contributed by atoms with Crippen LogP contribution in [-0.4, -0.2) is 20.7 Å². The van der Waals surface area contributed by atoms with Gasteiger partial charge >= 0.3 is 6.18 Å². The Labute approximate surface area is 202 Å². The summed E-state index contributed by atoms with van der Waals surface area (Å²) in [6.45, 7) is 4.51. The first-order valence-electron chi connectivity index (χ1n) is 9.85. The van der Waals surface area contributed by atoms with Crippen LogP contribution < -0.4 is 10.6 Å². The average Bonchev–Trinajstić information content (AvgIpc) is 3.08. The van der Waals surface area contributed by atoms with Crippen molar-refractivity contribution >= 4 is 29.9 Å². The molecule has 172 valence electrons. The highest BCUT2D eigenvalue weighted by atomic mass is 127. The Bertz CT molecular complexity index is 1020. The zero-order valence-corrected chi connectivity index (χ0v) is 20.3. The van der Waals surface area contributed by atoms with E-state index in [9.17, 15) is 13.2 Å². The lowest BCUT2D eigenvalue weighted by Crippen LogP contribution is -2.39. The molecule has 0 aliphatic carbocycles. The summed E-state index contributed by atoms with van der Waals surface area (Å²) in [5.41, 5.74) is 1.09. The second-order valence-corrected chi connectivity index (χ2v) is 7.21. The van der Waals surface area contributed by atoms with Crippen LogP contribution in [0.2, 0.25) is 0 Å². The van der Waals surface area contributed by atoms with Gasteiger partial charge in [-0.1, -0.05) is 42.5 Å². The molecule has 3 aromatic rings. The van der Waals surface area contributed by atoms with Gasteiger partial charge in [-0.2, -0.15) is 13.2 Å². The van der Waals surface area contributed by atoms with E-state index in [-0.39, 0.29) is 36.6 Å². The quantitative estimate of drug-likeness (QED) is 0.260. The van der Waals surface area contributed by atoms with E-state index in [0.717, 1.165) is 29.3 Å². The Morgan fingerprint density at radius 2 is 1.72 bits per heavy atom. The smallest absolute Gasteiger partial charge is 0.350 e. The molecule has 0 aliphatic rings. The molecule has 0 spiro atoms. The summed E-state index contributed by atoms with van der Waals surface area (Å²) in [5, 5.41) is 14.8. The topological polar surface area (TPSA) is 67.1 Å². The normalized spacial score (nSPS) is 12.8. The Morgan fingerprint density at radius 3 is 2.28 bits per heavy atom. The van der Waals surface area contributed by atoms with Gasteiger partial charge in [0.15, 0.2) is 11.8 Å². The summed E-state index contributed by atoms with van der Waals surface area (Å²) in [4.78, 5) is 4.56. The third-order valence-corrected chi connectivity index (χ3v) is 4.95. The molecule has 0 amide bonds. The van der Waals surface area contributed by atoms with Crippen molar-refractivity contribution in [1.82, 2.24) is 25.4 Å². The van der Waals surface area contributed by atoms with Gasteiger partial charge in [-0.25, -0.2) is 4.99 Å². The van der Waals surface area contributed by atoms with Gasteiger partial charge in [0.1, 0.15) is 5.82 Å². The minimum absolute atomic E-state index is 0. The zero-order chi connectivity index (χ0) is 22.4. The molecule has 0 aliphatic heterocycles. The first kappa shape index (κ1) is 25.6.